The summed E-state index contributed by atoms with van der Waals surface area (Å²) < 4.78 is 0. The van der Waals surface area contributed by atoms with E-state index < -0.39 is 0 Å². The summed E-state index contributed by atoms with van der Waals surface area (Å²) in [5.41, 5.74) is 3.12. The number of carbonyl (C=O) groups is 1. The molecule has 0 spiro atoms. The lowest BCUT2D eigenvalue weighted by molar-refractivity contribution is -0.117. The van der Waals surface area contributed by atoms with Crippen molar-refractivity contribution in [3.05, 3.63) is 59.9 Å². The van der Waals surface area contributed by atoms with Crippen molar-refractivity contribution in [1.82, 2.24) is 10.3 Å². The molecule has 1 aromatic heterocycles. The predicted octanol–water partition coefficient (Wildman–Crippen LogP) is 2.56. The molecule has 0 radical (unpaired) electrons. The fraction of sp³-hybridized carbons (Fsp3) is 0.333. The van der Waals surface area contributed by atoms with Crippen LogP contribution in [0, 0.1) is 0 Å². The zero-order chi connectivity index (χ0) is 15.2. The lowest BCUT2D eigenvalue weighted by Crippen LogP contribution is -2.35. The molecule has 0 bridgehead atoms. The Kier molecular flexibility index (Phi) is 4.81. The fourth-order valence-electron chi connectivity index (χ4n) is 2.70. The smallest absolute Gasteiger partial charge is 0.241 e. The topological polar surface area (TPSA) is 54.0 Å². The molecule has 4 nitrogen and oxygen atoms in total. The van der Waals surface area contributed by atoms with Crippen LogP contribution in [0.4, 0.5) is 5.69 Å². The van der Waals surface area contributed by atoms with Gasteiger partial charge >= 0.3 is 0 Å². The van der Waals surface area contributed by atoms with Crippen LogP contribution in [-0.2, 0) is 17.6 Å². The summed E-state index contributed by atoms with van der Waals surface area (Å²) in [6.45, 7) is 0.925. The first-order valence-electron chi connectivity index (χ1n) is 7.84. The van der Waals surface area contributed by atoms with Gasteiger partial charge in [0, 0.05) is 5.69 Å². The average Bonchev–Trinajstić information content (AvgIpc) is 3.10. The van der Waals surface area contributed by atoms with Crippen LogP contribution in [-0.4, -0.2) is 23.5 Å². The Hall–Kier alpha value is -2.20. The van der Waals surface area contributed by atoms with E-state index in [0.717, 1.165) is 43.6 Å². The van der Waals surface area contributed by atoms with Crippen molar-refractivity contribution >= 4 is 11.6 Å². The van der Waals surface area contributed by atoms with Gasteiger partial charge in [-0.15, -0.1) is 0 Å². The minimum Gasteiger partial charge on any atom is -0.323 e. The maximum Gasteiger partial charge on any atom is 0.241 e. The van der Waals surface area contributed by atoms with E-state index in [9.17, 15) is 4.79 Å². The number of amides is 1. The van der Waals surface area contributed by atoms with Gasteiger partial charge < -0.3 is 10.6 Å². The Bertz CT molecular complexity index is 604. The van der Waals surface area contributed by atoms with Gasteiger partial charge in [0.1, 0.15) is 0 Å². The molecule has 2 N–H and O–H groups in total. The van der Waals surface area contributed by atoms with Crippen molar-refractivity contribution < 1.29 is 4.79 Å². The third kappa shape index (κ3) is 3.92. The summed E-state index contributed by atoms with van der Waals surface area (Å²) in [6, 6.07) is 14.3. The van der Waals surface area contributed by atoms with Gasteiger partial charge in [-0.3, -0.25) is 9.78 Å². The highest BCUT2D eigenvalue weighted by Gasteiger charge is 2.21. The van der Waals surface area contributed by atoms with Crippen molar-refractivity contribution in [1.29, 1.82) is 0 Å². The van der Waals surface area contributed by atoms with Crippen molar-refractivity contribution in [3.63, 3.8) is 0 Å². The predicted molar refractivity (Wildman–Crippen MR) is 87.7 cm³/mol. The molecule has 3 rings (SSSR count). The highest BCUT2D eigenvalue weighted by molar-refractivity contribution is 5.94. The van der Waals surface area contributed by atoms with E-state index in [1.54, 1.807) is 6.20 Å². The molecule has 2 aromatic rings. The third-order valence-electron chi connectivity index (χ3n) is 3.98. The quantitative estimate of drug-likeness (QED) is 0.891. The summed E-state index contributed by atoms with van der Waals surface area (Å²) in [5, 5.41) is 6.11. The first-order valence-corrected chi connectivity index (χ1v) is 7.84. The van der Waals surface area contributed by atoms with Gasteiger partial charge in [-0.25, -0.2) is 0 Å². The molecule has 1 saturated heterocycles. The van der Waals surface area contributed by atoms with E-state index >= 15 is 0 Å². The largest absolute Gasteiger partial charge is 0.323 e. The van der Waals surface area contributed by atoms with Crippen LogP contribution in [0.3, 0.4) is 0 Å². The minimum atomic E-state index is -0.0576. The van der Waals surface area contributed by atoms with Crippen molar-refractivity contribution in [2.24, 2.45) is 0 Å². The Morgan fingerprint density at radius 2 is 2.05 bits per heavy atom. The molecule has 1 aliphatic heterocycles. The number of aromatic nitrogens is 1. The van der Waals surface area contributed by atoms with Crippen LogP contribution in [0.15, 0.2) is 48.7 Å². The van der Waals surface area contributed by atoms with Gasteiger partial charge in [0.25, 0.3) is 0 Å². The Morgan fingerprint density at radius 1 is 1.18 bits per heavy atom. The molecule has 1 fully saturated rings. The van der Waals surface area contributed by atoms with E-state index in [1.165, 1.54) is 5.56 Å². The third-order valence-corrected chi connectivity index (χ3v) is 3.98. The molecular formula is C18H21N3O. The molecule has 0 aliphatic carbocycles. The molecule has 22 heavy (non-hydrogen) atoms. The van der Waals surface area contributed by atoms with Gasteiger partial charge in [-0.1, -0.05) is 30.3 Å². The second-order valence-electron chi connectivity index (χ2n) is 5.66. The maximum absolute atomic E-state index is 12.0. The van der Waals surface area contributed by atoms with Crippen LogP contribution in [0.5, 0.6) is 0 Å². The molecule has 1 aliphatic rings. The number of nitrogens with one attached hydrogen (secondary N) is 2. The molecule has 4 heteroatoms. The number of nitrogens with zero attached hydrogens (tertiary/aromatic N) is 1. The Morgan fingerprint density at radius 3 is 2.73 bits per heavy atom. The fourth-order valence-corrected chi connectivity index (χ4v) is 2.70. The van der Waals surface area contributed by atoms with Crippen LogP contribution >= 0.6 is 0 Å². The molecule has 2 heterocycles. The van der Waals surface area contributed by atoms with Crippen LogP contribution < -0.4 is 10.6 Å². The van der Waals surface area contributed by atoms with Gasteiger partial charge in [0.2, 0.25) is 5.91 Å². The highest BCUT2D eigenvalue weighted by atomic mass is 16.2. The lowest BCUT2D eigenvalue weighted by Gasteiger charge is -2.11. The van der Waals surface area contributed by atoms with Crippen LogP contribution in [0.25, 0.3) is 0 Å². The maximum atomic E-state index is 12.0. The second kappa shape index (κ2) is 7.18. The second-order valence-corrected chi connectivity index (χ2v) is 5.66. The number of carbonyl (C=O) groups excluding carboxylic acids is 1. The molecule has 1 aromatic carbocycles. The minimum absolute atomic E-state index is 0.0383. The van der Waals surface area contributed by atoms with Gasteiger partial charge in [-0.05, 0) is 49.9 Å². The van der Waals surface area contributed by atoms with Gasteiger partial charge in [0.05, 0.1) is 17.9 Å². The summed E-state index contributed by atoms with van der Waals surface area (Å²) in [5.74, 6) is 0.0383. The zero-order valence-electron chi connectivity index (χ0n) is 12.6. The first-order chi connectivity index (χ1) is 10.8. The van der Waals surface area contributed by atoms with Crippen LogP contribution in [0.1, 0.15) is 24.1 Å². The molecule has 0 saturated carbocycles. The normalized spacial score (nSPS) is 17.4. The highest BCUT2D eigenvalue weighted by Crippen LogP contribution is 2.12. The van der Waals surface area contributed by atoms with Crippen molar-refractivity contribution in [2.45, 2.75) is 31.7 Å². The van der Waals surface area contributed by atoms with Crippen LogP contribution in [0.2, 0.25) is 0 Å². The first kappa shape index (κ1) is 14.7. The summed E-state index contributed by atoms with van der Waals surface area (Å²) >= 11 is 0. The number of hydrogen-bond acceptors (Lipinski definition) is 3. The Balaban J connectivity index is 1.52. The lowest BCUT2D eigenvalue weighted by atomic mass is 10.1. The molecule has 1 amide bonds. The zero-order valence-corrected chi connectivity index (χ0v) is 12.6. The Labute approximate surface area is 131 Å². The molecule has 1 atom stereocenters. The van der Waals surface area contributed by atoms with E-state index in [-0.39, 0.29) is 11.9 Å². The molecule has 1 unspecified atom stereocenters. The standard InChI is InChI=1S/C18H21N3O/c22-18(17-7-4-12-19-17)21-16-11-10-15(20-13-16)9-8-14-5-2-1-3-6-14/h1-3,5-6,10-11,13,17,19H,4,7-9,12H2,(H,21,22). The van der Waals surface area contributed by atoms with Gasteiger partial charge in [0.15, 0.2) is 0 Å². The van der Waals surface area contributed by atoms with E-state index in [1.807, 2.05) is 18.2 Å². The van der Waals surface area contributed by atoms with E-state index in [0.29, 0.717) is 0 Å². The van der Waals surface area contributed by atoms with Crippen molar-refractivity contribution in [2.75, 3.05) is 11.9 Å². The number of aryl methyl sites for hydroxylation is 2. The number of pyridine rings is 1. The summed E-state index contributed by atoms with van der Waals surface area (Å²) in [4.78, 5) is 16.4. The van der Waals surface area contributed by atoms with Gasteiger partial charge in [-0.2, -0.15) is 0 Å². The summed E-state index contributed by atoms with van der Waals surface area (Å²) in [6.07, 6.45) is 5.60. The van der Waals surface area contributed by atoms with E-state index in [2.05, 4.69) is 39.9 Å². The molecule has 114 valence electrons. The number of hydrogen-bond donors (Lipinski definition) is 2. The number of benzene rings is 1. The monoisotopic (exact) mass is 295 g/mol. The summed E-state index contributed by atoms with van der Waals surface area (Å²) in [7, 11) is 0. The molecular weight excluding hydrogens is 274 g/mol. The van der Waals surface area contributed by atoms with Crippen molar-refractivity contribution in [3.8, 4) is 0 Å². The van der Waals surface area contributed by atoms with E-state index in [4.69, 9.17) is 0 Å². The number of anilines is 1. The number of rotatable bonds is 5. The SMILES string of the molecule is O=C(Nc1ccc(CCc2ccccc2)nc1)C1CCCN1. The average molecular weight is 295 g/mol.